The van der Waals surface area contributed by atoms with E-state index in [1.165, 1.54) is 12.0 Å². The Bertz CT molecular complexity index is 421. The first-order valence-corrected chi connectivity index (χ1v) is 4.49. The van der Waals surface area contributed by atoms with Crippen LogP contribution in [0.5, 0.6) is 0 Å². The van der Waals surface area contributed by atoms with Crippen molar-refractivity contribution in [3.8, 4) is 11.3 Å². The molecule has 0 fully saturated rings. The molecule has 0 bridgehead atoms. The van der Waals surface area contributed by atoms with Gasteiger partial charge in [-0.25, -0.2) is 4.98 Å². The number of hydrogen-bond acceptors (Lipinski definition) is 3. The van der Waals surface area contributed by atoms with Crippen molar-refractivity contribution in [2.75, 3.05) is 0 Å². The van der Waals surface area contributed by atoms with Gasteiger partial charge in [0.1, 0.15) is 12.0 Å². The smallest absolute Gasteiger partial charge is 0.181 e. The summed E-state index contributed by atoms with van der Waals surface area (Å²) in [5.74, 6) is 0. The van der Waals surface area contributed by atoms with Gasteiger partial charge in [-0.15, -0.1) is 0 Å². The van der Waals surface area contributed by atoms with E-state index >= 15 is 0 Å². The standard InChI is InChI=1S/C11H12N2O/c1-8-2-3-9(4-10(8)5-12)11-6-14-7-13-11/h2-4,6-7H,5,12H2,1H3. The van der Waals surface area contributed by atoms with Crippen LogP contribution in [-0.2, 0) is 6.54 Å². The highest BCUT2D eigenvalue weighted by Crippen LogP contribution is 2.20. The summed E-state index contributed by atoms with van der Waals surface area (Å²) >= 11 is 0. The molecule has 1 aromatic heterocycles. The molecule has 0 radical (unpaired) electrons. The molecular formula is C11H12N2O. The number of oxazole rings is 1. The third kappa shape index (κ3) is 1.54. The summed E-state index contributed by atoms with van der Waals surface area (Å²) in [6.45, 7) is 2.60. The average molecular weight is 188 g/mol. The molecule has 0 atom stereocenters. The van der Waals surface area contributed by atoms with Crippen molar-refractivity contribution < 1.29 is 4.42 Å². The third-order valence-electron chi connectivity index (χ3n) is 2.30. The summed E-state index contributed by atoms with van der Waals surface area (Å²) in [5.41, 5.74) is 9.87. The number of aromatic nitrogens is 1. The molecule has 1 heterocycles. The largest absolute Gasteiger partial charge is 0.451 e. The average Bonchev–Trinajstić information content (AvgIpc) is 2.71. The zero-order valence-electron chi connectivity index (χ0n) is 8.03. The first kappa shape index (κ1) is 8.97. The Balaban J connectivity index is 2.46. The van der Waals surface area contributed by atoms with Gasteiger partial charge in [0.15, 0.2) is 6.39 Å². The fourth-order valence-electron chi connectivity index (χ4n) is 1.41. The minimum absolute atomic E-state index is 0.553. The van der Waals surface area contributed by atoms with Crippen molar-refractivity contribution in [2.24, 2.45) is 5.73 Å². The van der Waals surface area contributed by atoms with Crippen molar-refractivity contribution in [3.63, 3.8) is 0 Å². The molecule has 2 N–H and O–H groups in total. The first-order chi connectivity index (χ1) is 6.81. The van der Waals surface area contributed by atoms with Crippen LogP contribution in [0.3, 0.4) is 0 Å². The Morgan fingerprint density at radius 1 is 1.43 bits per heavy atom. The predicted octanol–water partition coefficient (Wildman–Crippen LogP) is 2.11. The molecular weight excluding hydrogens is 176 g/mol. The zero-order valence-corrected chi connectivity index (χ0v) is 8.03. The number of aryl methyl sites for hydroxylation is 1. The number of nitrogens with two attached hydrogens (primary N) is 1. The van der Waals surface area contributed by atoms with Crippen LogP contribution < -0.4 is 5.73 Å². The maximum absolute atomic E-state index is 5.63. The van der Waals surface area contributed by atoms with Gasteiger partial charge >= 0.3 is 0 Å². The summed E-state index contributed by atoms with van der Waals surface area (Å²) in [4.78, 5) is 4.08. The van der Waals surface area contributed by atoms with Crippen molar-refractivity contribution in [3.05, 3.63) is 42.0 Å². The summed E-state index contributed by atoms with van der Waals surface area (Å²) in [7, 11) is 0. The topological polar surface area (TPSA) is 52.0 Å². The fourth-order valence-corrected chi connectivity index (χ4v) is 1.41. The van der Waals surface area contributed by atoms with Gasteiger partial charge < -0.3 is 10.2 Å². The lowest BCUT2D eigenvalue weighted by molar-refractivity contribution is 0.558. The number of benzene rings is 1. The summed E-state index contributed by atoms with van der Waals surface area (Å²) < 4.78 is 4.93. The van der Waals surface area contributed by atoms with Crippen molar-refractivity contribution in [2.45, 2.75) is 13.5 Å². The minimum atomic E-state index is 0.553. The van der Waals surface area contributed by atoms with Crippen LogP contribution in [0.2, 0.25) is 0 Å². The molecule has 3 nitrogen and oxygen atoms in total. The van der Waals surface area contributed by atoms with Crippen LogP contribution in [0, 0.1) is 6.92 Å². The highest BCUT2D eigenvalue weighted by molar-refractivity contribution is 5.59. The number of hydrogen-bond donors (Lipinski definition) is 1. The maximum atomic E-state index is 5.63. The van der Waals surface area contributed by atoms with Crippen LogP contribution in [0.1, 0.15) is 11.1 Å². The van der Waals surface area contributed by atoms with E-state index in [0.29, 0.717) is 6.54 Å². The molecule has 1 aromatic carbocycles. The predicted molar refractivity (Wildman–Crippen MR) is 54.6 cm³/mol. The second-order valence-electron chi connectivity index (χ2n) is 3.22. The number of nitrogens with zero attached hydrogens (tertiary/aromatic N) is 1. The van der Waals surface area contributed by atoms with E-state index in [1.807, 2.05) is 18.2 Å². The van der Waals surface area contributed by atoms with E-state index in [-0.39, 0.29) is 0 Å². The summed E-state index contributed by atoms with van der Waals surface area (Å²) in [6, 6.07) is 6.12. The Morgan fingerprint density at radius 2 is 2.29 bits per heavy atom. The zero-order chi connectivity index (χ0) is 9.97. The van der Waals surface area contributed by atoms with Gasteiger partial charge in [-0.3, -0.25) is 0 Å². The molecule has 0 unspecified atom stereocenters. The SMILES string of the molecule is Cc1ccc(-c2cocn2)cc1CN. The lowest BCUT2D eigenvalue weighted by Crippen LogP contribution is -1.99. The van der Waals surface area contributed by atoms with Gasteiger partial charge in [0.05, 0.1) is 0 Å². The van der Waals surface area contributed by atoms with Gasteiger partial charge in [0, 0.05) is 12.1 Å². The van der Waals surface area contributed by atoms with Gasteiger partial charge in [0.2, 0.25) is 0 Å². The maximum Gasteiger partial charge on any atom is 0.181 e. The van der Waals surface area contributed by atoms with E-state index in [0.717, 1.165) is 16.8 Å². The molecule has 2 rings (SSSR count). The minimum Gasteiger partial charge on any atom is -0.451 e. The molecule has 0 saturated carbocycles. The van der Waals surface area contributed by atoms with E-state index in [2.05, 4.69) is 11.9 Å². The highest BCUT2D eigenvalue weighted by atomic mass is 16.3. The quantitative estimate of drug-likeness (QED) is 0.785. The molecule has 0 aliphatic rings. The van der Waals surface area contributed by atoms with E-state index in [1.54, 1.807) is 6.26 Å². The van der Waals surface area contributed by atoms with Crippen LogP contribution in [0.25, 0.3) is 11.3 Å². The lowest BCUT2D eigenvalue weighted by Gasteiger charge is -2.04. The Morgan fingerprint density at radius 3 is 2.93 bits per heavy atom. The monoisotopic (exact) mass is 188 g/mol. The van der Waals surface area contributed by atoms with Crippen molar-refractivity contribution in [1.29, 1.82) is 0 Å². The van der Waals surface area contributed by atoms with Gasteiger partial charge in [0.25, 0.3) is 0 Å². The van der Waals surface area contributed by atoms with Crippen LogP contribution in [0.4, 0.5) is 0 Å². The molecule has 72 valence electrons. The van der Waals surface area contributed by atoms with Crippen molar-refractivity contribution >= 4 is 0 Å². The first-order valence-electron chi connectivity index (χ1n) is 4.49. The molecule has 0 spiro atoms. The van der Waals surface area contributed by atoms with Gasteiger partial charge in [-0.05, 0) is 24.1 Å². The van der Waals surface area contributed by atoms with E-state index in [4.69, 9.17) is 10.2 Å². The second-order valence-corrected chi connectivity index (χ2v) is 3.22. The van der Waals surface area contributed by atoms with Gasteiger partial charge in [-0.2, -0.15) is 0 Å². The Hall–Kier alpha value is -1.61. The molecule has 0 saturated heterocycles. The molecule has 2 aromatic rings. The van der Waals surface area contributed by atoms with Crippen LogP contribution in [0.15, 0.2) is 35.3 Å². The third-order valence-corrected chi connectivity index (χ3v) is 2.30. The van der Waals surface area contributed by atoms with Crippen LogP contribution in [-0.4, -0.2) is 4.98 Å². The number of rotatable bonds is 2. The lowest BCUT2D eigenvalue weighted by atomic mass is 10.0. The molecule has 3 heteroatoms. The highest BCUT2D eigenvalue weighted by Gasteiger charge is 2.03. The normalized spacial score (nSPS) is 10.4. The van der Waals surface area contributed by atoms with E-state index < -0.39 is 0 Å². The second kappa shape index (κ2) is 3.64. The van der Waals surface area contributed by atoms with Gasteiger partial charge in [-0.1, -0.05) is 12.1 Å². The summed E-state index contributed by atoms with van der Waals surface area (Å²) in [5, 5.41) is 0. The fraction of sp³-hybridized carbons (Fsp3) is 0.182. The van der Waals surface area contributed by atoms with Crippen molar-refractivity contribution in [1.82, 2.24) is 4.98 Å². The molecule has 0 amide bonds. The summed E-state index contributed by atoms with van der Waals surface area (Å²) in [6.07, 6.45) is 3.06. The molecule has 14 heavy (non-hydrogen) atoms. The van der Waals surface area contributed by atoms with E-state index in [9.17, 15) is 0 Å². The van der Waals surface area contributed by atoms with Crippen LogP contribution >= 0.6 is 0 Å². The Kier molecular flexibility index (Phi) is 2.33. The molecule has 0 aliphatic heterocycles. The Labute approximate surface area is 82.6 Å². The molecule has 0 aliphatic carbocycles.